The maximum absolute atomic E-state index is 11.4. The molecule has 190 valence electrons. The minimum Gasteiger partial charge on any atom is -0.468 e. The smallest absolute Gasteiger partial charge is 0.327 e. The van der Waals surface area contributed by atoms with Gasteiger partial charge in [0.15, 0.2) is 6.23 Å². The van der Waals surface area contributed by atoms with Crippen LogP contribution in [0.3, 0.4) is 0 Å². The molecule has 5 atom stereocenters. The number of methoxy groups -OCH3 is 1. The fourth-order valence-electron chi connectivity index (χ4n) is 4.77. The molecule has 3 N–H and O–H groups in total. The zero-order chi connectivity index (χ0) is 25.4. The maximum atomic E-state index is 11.4. The number of benzene rings is 2. The number of aliphatic hydroxyl groups excluding tert-OH is 3. The van der Waals surface area contributed by atoms with Gasteiger partial charge in [-0.15, -0.1) is 0 Å². The zero-order valence-corrected chi connectivity index (χ0v) is 20.6. The van der Waals surface area contributed by atoms with E-state index >= 15 is 0 Å². The highest BCUT2D eigenvalue weighted by atomic mass is 35.5. The lowest BCUT2D eigenvalue weighted by molar-refractivity contribution is -0.225. The summed E-state index contributed by atoms with van der Waals surface area (Å²) in [6, 6.07) is 14.1. The molecular weight excluding hydrogens is 484 g/mol. The van der Waals surface area contributed by atoms with Crippen LogP contribution in [0.1, 0.15) is 41.7 Å². The molecule has 1 saturated heterocycles. The van der Waals surface area contributed by atoms with Crippen molar-refractivity contribution < 1.29 is 29.6 Å². The number of ether oxygens (including phenoxy) is 2. The Balaban J connectivity index is 1.46. The van der Waals surface area contributed by atoms with Crippen LogP contribution in [0, 0.1) is 0 Å². The molecular formula is C27H29ClN2O6. The van der Waals surface area contributed by atoms with Crippen molar-refractivity contribution in [3.63, 3.8) is 0 Å². The summed E-state index contributed by atoms with van der Waals surface area (Å²) in [5, 5.41) is 33.3. The number of aliphatic hydroxyl groups is 3. The van der Waals surface area contributed by atoms with E-state index in [2.05, 4.69) is 34.0 Å². The van der Waals surface area contributed by atoms with Gasteiger partial charge in [-0.2, -0.15) is 0 Å². The lowest BCUT2D eigenvalue weighted by Gasteiger charge is -2.40. The SMILES string of the molecule is COC(=O)CN=C[C@H]1O[C@@H](n2cc(Cc3ccc(C4CC4)cc3)c3c(Cl)cccc32)[C@H](O)[C@@H](O)[C@@H]1O. The van der Waals surface area contributed by atoms with E-state index in [1.54, 1.807) is 4.57 Å². The predicted molar refractivity (Wildman–Crippen MR) is 135 cm³/mol. The van der Waals surface area contributed by atoms with Gasteiger partial charge in [-0.1, -0.05) is 41.9 Å². The Bertz CT molecular complexity index is 1270. The Labute approximate surface area is 213 Å². The van der Waals surface area contributed by atoms with E-state index < -0.39 is 36.6 Å². The molecule has 2 fully saturated rings. The molecule has 1 aliphatic carbocycles. The highest BCUT2D eigenvalue weighted by molar-refractivity contribution is 6.35. The van der Waals surface area contributed by atoms with Crippen molar-refractivity contribution >= 4 is 34.7 Å². The second-order valence-electron chi connectivity index (χ2n) is 9.42. The van der Waals surface area contributed by atoms with E-state index in [9.17, 15) is 20.1 Å². The molecule has 0 radical (unpaired) electrons. The molecule has 36 heavy (non-hydrogen) atoms. The summed E-state index contributed by atoms with van der Waals surface area (Å²) >= 11 is 6.61. The third-order valence-electron chi connectivity index (χ3n) is 6.91. The number of hydrogen-bond donors (Lipinski definition) is 3. The minimum atomic E-state index is -1.49. The highest BCUT2D eigenvalue weighted by Crippen LogP contribution is 2.40. The maximum Gasteiger partial charge on any atom is 0.327 e. The fraction of sp³-hybridized carbons (Fsp3) is 0.407. The van der Waals surface area contributed by atoms with Gasteiger partial charge >= 0.3 is 5.97 Å². The molecule has 0 unspecified atom stereocenters. The highest BCUT2D eigenvalue weighted by Gasteiger charge is 2.44. The fourth-order valence-corrected chi connectivity index (χ4v) is 5.06. The van der Waals surface area contributed by atoms with Gasteiger partial charge in [0.25, 0.3) is 0 Å². The van der Waals surface area contributed by atoms with Gasteiger partial charge in [-0.05, 0) is 54.0 Å². The van der Waals surface area contributed by atoms with Crippen molar-refractivity contribution in [2.75, 3.05) is 13.7 Å². The van der Waals surface area contributed by atoms with Crippen molar-refractivity contribution in [1.29, 1.82) is 0 Å². The van der Waals surface area contributed by atoms with Crippen LogP contribution in [0.4, 0.5) is 0 Å². The van der Waals surface area contributed by atoms with Crippen molar-refractivity contribution in [2.45, 2.75) is 55.8 Å². The molecule has 1 aliphatic heterocycles. The number of rotatable bonds is 7. The van der Waals surface area contributed by atoms with Crippen molar-refractivity contribution in [3.8, 4) is 0 Å². The minimum absolute atomic E-state index is 0.252. The molecule has 0 bridgehead atoms. The third-order valence-corrected chi connectivity index (χ3v) is 7.22. The summed E-state index contributed by atoms with van der Waals surface area (Å²) in [5.74, 6) is 0.140. The van der Waals surface area contributed by atoms with Crippen LogP contribution in [-0.4, -0.2) is 70.1 Å². The van der Waals surface area contributed by atoms with E-state index in [1.807, 2.05) is 24.4 Å². The van der Waals surface area contributed by atoms with Crippen molar-refractivity contribution in [2.24, 2.45) is 4.99 Å². The van der Waals surface area contributed by atoms with Crippen molar-refractivity contribution in [1.82, 2.24) is 4.57 Å². The molecule has 1 saturated carbocycles. The molecule has 2 aliphatic rings. The first-order chi connectivity index (χ1) is 17.4. The topological polar surface area (TPSA) is 114 Å². The average Bonchev–Trinajstić information content (AvgIpc) is 3.67. The number of aromatic nitrogens is 1. The van der Waals surface area contributed by atoms with Gasteiger partial charge in [0.2, 0.25) is 0 Å². The molecule has 0 amide bonds. The number of carbonyl (C=O) groups is 1. The Morgan fingerprint density at radius 3 is 2.58 bits per heavy atom. The quantitative estimate of drug-likeness (QED) is 0.331. The third kappa shape index (κ3) is 4.92. The van der Waals surface area contributed by atoms with Crippen LogP contribution in [0.25, 0.3) is 10.9 Å². The number of esters is 1. The average molecular weight is 513 g/mol. The van der Waals surface area contributed by atoms with Crippen LogP contribution in [0.5, 0.6) is 0 Å². The summed E-state index contributed by atoms with van der Waals surface area (Å²) in [6.45, 7) is -0.252. The van der Waals surface area contributed by atoms with E-state index in [0.717, 1.165) is 22.0 Å². The number of hydrogen-bond acceptors (Lipinski definition) is 7. The molecule has 2 aromatic carbocycles. The van der Waals surface area contributed by atoms with Gasteiger partial charge in [0.05, 0.1) is 17.6 Å². The van der Waals surface area contributed by atoms with Crippen LogP contribution in [-0.2, 0) is 20.7 Å². The van der Waals surface area contributed by atoms with Crippen LogP contribution in [0.2, 0.25) is 5.02 Å². The first-order valence-corrected chi connectivity index (χ1v) is 12.4. The van der Waals surface area contributed by atoms with Crippen LogP contribution >= 0.6 is 11.6 Å². The number of fused-ring (bicyclic) bond motifs is 1. The first kappa shape index (κ1) is 24.9. The monoisotopic (exact) mass is 512 g/mol. The normalized spacial score (nSPS) is 26.5. The summed E-state index contributed by atoms with van der Waals surface area (Å²) in [7, 11) is 1.25. The zero-order valence-electron chi connectivity index (χ0n) is 19.8. The van der Waals surface area contributed by atoms with Gasteiger partial charge in [0, 0.05) is 17.8 Å². The standard InChI is InChI=1S/C27H29ClN2O6/c1-35-22(31)13-29-12-21-24(32)25(33)26(34)27(36-21)30-14-18(23-19(28)3-2-4-20(23)30)11-15-5-7-16(8-6-15)17-9-10-17/h2-8,12,14,17,21,24-27,32-34H,9-11,13H2,1H3/t21-,24-,25+,26-,27-/m1/s1. The number of nitrogens with zero attached hydrogens (tertiary/aromatic N) is 2. The second kappa shape index (κ2) is 10.3. The van der Waals surface area contributed by atoms with E-state index in [1.165, 1.54) is 31.7 Å². The van der Waals surface area contributed by atoms with Crippen molar-refractivity contribution in [3.05, 3.63) is 70.4 Å². The molecule has 0 spiro atoms. The summed E-state index contributed by atoms with van der Waals surface area (Å²) in [5.41, 5.74) is 4.17. The second-order valence-corrected chi connectivity index (χ2v) is 9.82. The number of halogens is 1. The van der Waals surface area contributed by atoms with Gasteiger partial charge in [0.1, 0.15) is 31.0 Å². The Morgan fingerprint density at radius 1 is 1.14 bits per heavy atom. The summed E-state index contributed by atoms with van der Waals surface area (Å²) < 4.78 is 12.3. The van der Waals surface area contributed by atoms with Gasteiger partial charge in [-0.3, -0.25) is 9.79 Å². The lowest BCUT2D eigenvalue weighted by Crippen LogP contribution is -2.55. The van der Waals surface area contributed by atoms with E-state index in [0.29, 0.717) is 17.4 Å². The molecule has 1 aromatic heterocycles. The van der Waals surface area contributed by atoms with E-state index in [-0.39, 0.29) is 6.54 Å². The molecule has 2 heterocycles. The lowest BCUT2D eigenvalue weighted by atomic mass is 9.98. The van der Waals surface area contributed by atoms with Gasteiger partial charge < -0.3 is 29.4 Å². The largest absolute Gasteiger partial charge is 0.468 e. The first-order valence-electron chi connectivity index (χ1n) is 12.0. The van der Waals surface area contributed by atoms with Crippen LogP contribution < -0.4 is 0 Å². The van der Waals surface area contributed by atoms with E-state index in [4.69, 9.17) is 16.3 Å². The molecule has 9 heteroatoms. The molecule has 3 aromatic rings. The van der Waals surface area contributed by atoms with Crippen LogP contribution in [0.15, 0.2) is 53.7 Å². The van der Waals surface area contributed by atoms with Gasteiger partial charge in [-0.25, -0.2) is 0 Å². The summed E-state index contributed by atoms with van der Waals surface area (Å²) in [4.78, 5) is 15.3. The predicted octanol–water partition coefficient (Wildman–Crippen LogP) is 2.99. The Kier molecular flexibility index (Phi) is 7.14. The number of carbonyl (C=O) groups excluding carboxylic acids is 1. The summed E-state index contributed by atoms with van der Waals surface area (Å²) in [6.07, 6.45) is -0.153. The Morgan fingerprint density at radius 2 is 1.89 bits per heavy atom. The Hall–Kier alpha value is -2.75. The molecule has 5 rings (SSSR count). The molecule has 8 nitrogen and oxygen atoms in total. The number of aliphatic imine (C=N–C) groups is 1.